The Labute approximate surface area is 106 Å². The Hall–Kier alpha value is -0.180. The van der Waals surface area contributed by atoms with E-state index in [2.05, 4.69) is 12.1 Å². The van der Waals surface area contributed by atoms with Crippen LogP contribution in [0.2, 0.25) is 5.02 Å². The summed E-state index contributed by atoms with van der Waals surface area (Å²) in [7, 11) is 0. The second-order valence-electron chi connectivity index (χ2n) is 4.33. The van der Waals surface area contributed by atoms with Gasteiger partial charge in [0.05, 0.1) is 6.10 Å². The fraction of sp³-hybridized carbons (Fsp3) is 0.538. The number of hydrogen-bond donors (Lipinski definition) is 1. The van der Waals surface area contributed by atoms with Crippen molar-refractivity contribution in [1.29, 1.82) is 0 Å². The van der Waals surface area contributed by atoms with Crippen molar-refractivity contribution in [3.05, 3.63) is 34.9 Å². The topological polar surface area (TPSA) is 20.2 Å². The second-order valence-corrected chi connectivity index (χ2v) is 5.99. The summed E-state index contributed by atoms with van der Waals surface area (Å²) in [5.74, 6) is 0.971. The Morgan fingerprint density at radius 2 is 1.88 bits per heavy atom. The molecule has 1 nitrogen and oxygen atoms in total. The lowest BCUT2D eigenvalue weighted by Crippen LogP contribution is -2.26. The van der Waals surface area contributed by atoms with Crippen LogP contribution in [0.1, 0.15) is 31.2 Å². The Morgan fingerprint density at radius 3 is 2.56 bits per heavy atom. The van der Waals surface area contributed by atoms with E-state index >= 15 is 0 Å². The molecule has 1 aromatic carbocycles. The van der Waals surface area contributed by atoms with Crippen LogP contribution >= 0.6 is 23.4 Å². The Bertz CT molecular complexity index is 325. The minimum Gasteiger partial charge on any atom is -0.392 e. The zero-order valence-electron chi connectivity index (χ0n) is 9.23. The summed E-state index contributed by atoms with van der Waals surface area (Å²) in [6, 6.07) is 7.97. The van der Waals surface area contributed by atoms with Gasteiger partial charge in [0.1, 0.15) is 0 Å². The van der Waals surface area contributed by atoms with Crippen molar-refractivity contribution in [2.75, 3.05) is 0 Å². The molecule has 3 heteroatoms. The maximum absolute atomic E-state index is 9.85. The molecule has 0 saturated heterocycles. The van der Waals surface area contributed by atoms with Gasteiger partial charge in [-0.3, -0.25) is 0 Å². The predicted molar refractivity (Wildman–Crippen MR) is 71.0 cm³/mol. The molecule has 0 radical (unpaired) electrons. The lowest BCUT2D eigenvalue weighted by Gasteiger charge is -2.26. The van der Waals surface area contributed by atoms with E-state index in [1.807, 2.05) is 23.9 Å². The quantitative estimate of drug-likeness (QED) is 0.886. The molecule has 2 atom stereocenters. The molecule has 1 aliphatic carbocycles. The third-order valence-corrected chi connectivity index (χ3v) is 4.78. The van der Waals surface area contributed by atoms with E-state index < -0.39 is 0 Å². The lowest BCUT2D eigenvalue weighted by atomic mass is 9.97. The van der Waals surface area contributed by atoms with Crippen LogP contribution in [0.3, 0.4) is 0 Å². The van der Waals surface area contributed by atoms with Crippen LogP contribution in [0.5, 0.6) is 0 Å². The van der Waals surface area contributed by atoms with E-state index in [0.29, 0.717) is 5.25 Å². The molecular formula is C13H17ClOS. The van der Waals surface area contributed by atoms with Crippen molar-refractivity contribution in [2.24, 2.45) is 0 Å². The van der Waals surface area contributed by atoms with E-state index in [1.165, 1.54) is 18.4 Å². The van der Waals surface area contributed by atoms with E-state index in [4.69, 9.17) is 11.6 Å². The van der Waals surface area contributed by atoms with Gasteiger partial charge in [0.2, 0.25) is 0 Å². The SMILES string of the molecule is O[C@@H]1CCCC[C@H]1SCc1ccc(Cl)cc1. The number of benzene rings is 1. The molecule has 1 fully saturated rings. The molecule has 1 aromatic rings. The summed E-state index contributed by atoms with van der Waals surface area (Å²) in [6.07, 6.45) is 4.46. The average molecular weight is 257 g/mol. The first-order chi connectivity index (χ1) is 7.75. The van der Waals surface area contributed by atoms with Gasteiger partial charge < -0.3 is 5.11 Å². The molecule has 1 N–H and O–H groups in total. The van der Waals surface area contributed by atoms with Crippen molar-refractivity contribution in [3.63, 3.8) is 0 Å². The van der Waals surface area contributed by atoms with Gasteiger partial charge in [0.25, 0.3) is 0 Å². The summed E-state index contributed by atoms with van der Waals surface area (Å²) in [5, 5.41) is 11.1. The maximum atomic E-state index is 9.85. The largest absolute Gasteiger partial charge is 0.392 e. The summed E-state index contributed by atoms with van der Waals surface area (Å²) >= 11 is 7.71. The van der Waals surface area contributed by atoms with E-state index in [1.54, 1.807) is 0 Å². The van der Waals surface area contributed by atoms with Crippen LogP contribution in [0, 0.1) is 0 Å². The van der Waals surface area contributed by atoms with Gasteiger partial charge in [-0.1, -0.05) is 36.6 Å². The minimum absolute atomic E-state index is 0.106. The fourth-order valence-corrected chi connectivity index (χ4v) is 3.47. The third-order valence-electron chi connectivity index (χ3n) is 3.05. The minimum atomic E-state index is -0.106. The molecule has 0 aromatic heterocycles. The van der Waals surface area contributed by atoms with Crippen LogP contribution in [0.15, 0.2) is 24.3 Å². The van der Waals surface area contributed by atoms with E-state index in [0.717, 1.165) is 23.6 Å². The van der Waals surface area contributed by atoms with Crippen molar-refractivity contribution < 1.29 is 5.11 Å². The predicted octanol–water partition coefficient (Wildman–Crippen LogP) is 3.88. The number of thioether (sulfide) groups is 1. The Morgan fingerprint density at radius 1 is 1.19 bits per heavy atom. The van der Waals surface area contributed by atoms with Gasteiger partial charge in [0, 0.05) is 16.0 Å². The maximum Gasteiger partial charge on any atom is 0.0658 e. The molecule has 0 bridgehead atoms. The van der Waals surface area contributed by atoms with Crippen molar-refractivity contribution in [1.82, 2.24) is 0 Å². The van der Waals surface area contributed by atoms with Crippen molar-refractivity contribution in [2.45, 2.75) is 42.8 Å². The lowest BCUT2D eigenvalue weighted by molar-refractivity contribution is 0.137. The first-order valence-corrected chi connectivity index (χ1v) is 7.22. The highest BCUT2D eigenvalue weighted by Gasteiger charge is 2.22. The van der Waals surface area contributed by atoms with Gasteiger partial charge in [0.15, 0.2) is 0 Å². The first kappa shape index (κ1) is 12.3. The highest BCUT2D eigenvalue weighted by molar-refractivity contribution is 7.99. The van der Waals surface area contributed by atoms with E-state index in [-0.39, 0.29) is 6.10 Å². The van der Waals surface area contributed by atoms with Gasteiger partial charge >= 0.3 is 0 Å². The molecule has 0 spiro atoms. The molecule has 0 unspecified atom stereocenters. The summed E-state index contributed by atoms with van der Waals surface area (Å²) in [6.45, 7) is 0. The number of hydrogen-bond acceptors (Lipinski definition) is 2. The first-order valence-electron chi connectivity index (χ1n) is 5.80. The molecule has 88 valence electrons. The zero-order valence-corrected chi connectivity index (χ0v) is 10.8. The van der Waals surface area contributed by atoms with Crippen LogP contribution in [-0.2, 0) is 5.75 Å². The molecule has 1 saturated carbocycles. The van der Waals surface area contributed by atoms with Gasteiger partial charge in [-0.25, -0.2) is 0 Å². The number of halogens is 1. The van der Waals surface area contributed by atoms with Crippen LogP contribution in [-0.4, -0.2) is 16.5 Å². The van der Waals surface area contributed by atoms with Gasteiger partial charge in [-0.2, -0.15) is 11.8 Å². The van der Waals surface area contributed by atoms with Crippen molar-refractivity contribution in [3.8, 4) is 0 Å². The van der Waals surface area contributed by atoms with Gasteiger partial charge in [-0.15, -0.1) is 0 Å². The highest BCUT2D eigenvalue weighted by Crippen LogP contribution is 2.31. The van der Waals surface area contributed by atoms with Crippen LogP contribution in [0.4, 0.5) is 0 Å². The summed E-state index contributed by atoms with van der Waals surface area (Å²) in [5.41, 5.74) is 1.28. The molecule has 0 aliphatic heterocycles. The highest BCUT2D eigenvalue weighted by atomic mass is 35.5. The molecule has 16 heavy (non-hydrogen) atoms. The average Bonchev–Trinajstić information content (AvgIpc) is 2.30. The van der Waals surface area contributed by atoms with Gasteiger partial charge in [-0.05, 0) is 30.5 Å². The normalized spacial score (nSPS) is 25.6. The zero-order chi connectivity index (χ0) is 11.4. The molecule has 0 amide bonds. The van der Waals surface area contributed by atoms with Crippen LogP contribution < -0.4 is 0 Å². The molecular weight excluding hydrogens is 240 g/mol. The molecule has 1 aliphatic rings. The standard InChI is InChI=1S/C13H17ClOS/c14-11-7-5-10(6-8-11)9-16-13-4-2-1-3-12(13)15/h5-8,12-13,15H,1-4,9H2/t12-,13-/m1/s1. The molecule has 2 rings (SSSR count). The fourth-order valence-electron chi connectivity index (χ4n) is 2.06. The number of aliphatic hydroxyl groups is 1. The summed E-state index contributed by atoms with van der Waals surface area (Å²) in [4.78, 5) is 0. The second kappa shape index (κ2) is 5.95. The Balaban J connectivity index is 1.84. The van der Waals surface area contributed by atoms with E-state index in [9.17, 15) is 5.11 Å². The monoisotopic (exact) mass is 256 g/mol. The van der Waals surface area contributed by atoms with Crippen molar-refractivity contribution >= 4 is 23.4 Å². The molecule has 0 heterocycles. The number of rotatable bonds is 3. The summed E-state index contributed by atoms with van der Waals surface area (Å²) < 4.78 is 0. The third kappa shape index (κ3) is 3.41. The number of aliphatic hydroxyl groups excluding tert-OH is 1. The Kier molecular flexibility index (Phi) is 4.56. The smallest absolute Gasteiger partial charge is 0.0658 e. The van der Waals surface area contributed by atoms with Crippen LogP contribution in [0.25, 0.3) is 0 Å².